The van der Waals surface area contributed by atoms with E-state index >= 15 is 0 Å². The Morgan fingerprint density at radius 2 is 1.96 bits per heavy atom. The molecule has 3 rings (SSSR count). The van der Waals surface area contributed by atoms with Crippen LogP contribution in [0.5, 0.6) is 0 Å². The van der Waals surface area contributed by atoms with Gasteiger partial charge in [-0.1, -0.05) is 26.0 Å². The molecule has 1 aromatic rings. The molecule has 5 nitrogen and oxygen atoms in total. The second-order valence-electron chi connectivity index (χ2n) is 7.50. The van der Waals surface area contributed by atoms with E-state index < -0.39 is 9.84 Å². The van der Waals surface area contributed by atoms with Gasteiger partial charge in [-0.05, 0) is 23.6 Å². The highest BCUT2D eigenvalue weighted by atomic mass is 32.2. The summed E-state index contributed by atoms with van der Waals surface area (Å²) in [6.07, 6.45) is 0.438. The molecule has 0 aromatic heterocycles. The minimum atomic E-state index is -3.17. The molecule has 2 heterocycles. The summed E-state index contributed by atoms with van der Waals surface area (Å²) in [6.45, 7) is 5.61. The maximum Gasteiger partial charge on any atom is 0.223 e. The van der Waals surface area contributed by atoms with Crippen LogP contribution in [0.3, 0.4) is 0 Å². The lowest BCUT2D eigenvalue weighted by Gasteiger charge is -2.44. The van der Waals surface area contributed by atoms with Gasteiger partial charge < -0.3 is 4.90 Å². The Balaban J connectivity index is 1.79. The molecule has 2 saturated heterocycles. The number of benzene rings is 1. The van der Waals surface area contributed by atoms with Crippen molar-refractivity contribution in [3.8, 4) is 0 Å². The van der Waals surface area contributed by atoms with Gasteiger partial charge in [0.25, 0.3) is 0 Å². The summed E-state index contributed by atoms with van der Waals surface area (Å²) in [5.41, 5.74) is 0.824. The first-order chi connectivity index (χ1) is 11.7. The Hall–Kier alpha value is -1.47. The van der Waals surface area contributed by atoms with Gasteiger partial charge in [0.05, 0.1) is 17.5 Å². The van der Waals surface area contributed by atoms with Crippen molar-refractivity contribution in [1.29, 1.82) is 0 Å². The number of piperazine rings is 1. The van der Waals surface area contributed by atoms with Crippen LogP contribution in [0.4, 0.5) is 4.39 Å². The smallest absolute Gasteiger partial charge is 0.223 e. The van der Waals surface area contributed by atoms with Crippen molar-refractivity contribution in [1.82, 2.24) is 9.80 Å². The van der Waals surface area contributed by atoms with E-state index in [2.05, 4.69) is 4.90 Å². The first-order valence-corrected chi connectivity index (χ1v) is 10.6. The quantitative estimate of drug-likeness (QED) is 0.811. The molecule has 25 heavy (non-hydrogen) atoms. The number of amides is 1. The summed E-state index contributed by atoms with van der Waals surface area (Å²) in [7, 11) is -3.17. The number of nitrogens with zero attached hydrogens (tertiary/aromatic N) is 2. The number of hydrogen-bond acceptors (Lipinski definition) is 4. The van der Waals surface area contributed by atoms with E-state index in [1.165, 1.54) is 12.1 Å². The lowest BCUT2D eigenvalue weighted by molar-refractivity contribution is -0.137. The average molecular weight is 368 g/mol. The highest BCUT2D eigenvalue weighted by molar-refractivity contribution is 7.91. The molecular weight excluding hydrogens is 343 g/mol. The normalized spacial score (nSPS) is 26.0. The van der Waals surface area contributed by atoms with Gasteiger partial charge in [-0.2, -0.15) is 0 Å². The van der Waals surface area contributed by atoms with E-state index in [0.717, 1.165) is 5.56 Å². The zero-order chi connectivity index (χ0) is 18.2. The van der Waals surface area contributed by atoms with Gasteiger partial charge in [0.2, 0.25) is 5.91 Å². The van der Waals surface area contributed by atoms with Gasteiger partial charge in [-0.15, -0.1) is 0 Å². The zero-order valence-electron chi connectivity index (χ0n) is 14.7. The second-order valence-corrected chi connectivity index (χ2v) is 9.65. The van der Waals surface area contributed by atoms with Crippen LogP contribution in [0.15, 0.2) is 24.3 Å². The van der Waals surface area contributed by atoms with Crippen LogP contribution in [0.25, 0.3) is 0 Å². The van der Waals surface area contributed by atoms with E-state index in [9.17, 15) is 17.6 Å². The third kappa shape index (κ3) is 4.20. The maximum absolute atomic E-state index is 13.4. The minimum absolute atomic E-state index is 0.0289. The van der Waals surface area contributed by atoms with Crippen LogP contribution in [0.2, 0.25) is 0 Å². The van der Waals surface area contributed by atoms with E-state index in [4.69, 9.17) is 0 Å². The van der Waals surface area contributed by atoms with Crippen molar-refractivity contribution in [3.63, 3.8) is 0 Å². The SMILES string of the molecule is CC(C)CC(=O)N1CCN(Cc2cccc(F)c2)[C@@H]2CS(=O)(=O)C[C@@H]21. The number of carbonyl (C=O) groups excluding carboxylic acids is 1. The maximum atomic E-state index is 13.4. The molecule has 0 aliphatic carbocycles. The molecule has 0 bridgehead atoms. The van der Waals surface area contributed by atoms with Crippen LogP contribution >= 0.6 is 0 Å². The van der Waals surface area contributed by atoms with E-state index in [1.807, 2.05) is 19.9 Å². The fourth-order valence-corrected chi connectivity index (χ4v) is 5.88. The monoisotopic (exact) mass is 368 g/mol. The Bertz CT molecular complexity index is 750. The second kappa shape index (κ2) is 7.03. The van der Waals surface area contributed by atoms with Crippen LogP contribution < -0.4 is 0 Å². The Morgan fingerprint density at radius 1 is 1.24 bits per heavy atom. The van der Waals surface area contributed by atoms with Crippen LogP contribution in [0.1, 0.15) is 25.8 Å². The molecular formula is C18H25FN2O3S. The lowest BCUT2D eigenvalue weighted by atomic mass is 10.0. The highest BCUT2D eigenvalue weighted by Crippen LogP contribution is 2.29. The van der Waals surface area contributed by atoms with Crippen molar-refractivity contribution in [2.45, 2.75) is 38.9 Å². The van der Waals surface area contributed by atoms with Crippen molar-refractivity contribution in [2.75, 3.05) is 24.6 Å². The minimum Gasteiger partial charge on any atom is -0.336 e. The zero-order valence-corrected chi connectivity index (χ0v) is 15.5. The predicted octanol–water partition coefficient (Wildman–Crippen LogP) is 1.68. The van der Waals surface area contributed by atoms with E-state index in [1.54, 1.807) is 11.0 Å². The molecule has 1 aromatic carbocycles. The van der Waals surface area contributed by atoms with Crippen LogP contribution in [-0.2, 0) is 21.2 Å². The standard InChI is InChI=1S/C18H25FN2O3S/c1-13(2)8-18(22)21-7-6-20(10-14-4-3-5-15(19)9-14)16-11-25(23,24)12-17(16)21/h3-5,9,13,16-17H,6-8,10-12H2,1-2H3/t16-,17+/m1/s1. The van der Waals surface area contributed by atoms with Gasteiger partial charge in [0.1, 0.15) is 5.82 Å². The Labute approximate surface area is 148 Å². The van der Waals surface area contributed by atoms with Crippen LogP contribution in [0, 0.1) is 11.7 Å². The van der Waals surface area contributed by atoms with E-state index in [-0.39, 0.29) is 41.2 Å². The molecule has 1 amide bonds. The lowest BCUT2D eigenvalue weighted by Crippen LogP contribution is -2.60. The van der Waals surface area contributed by atoms with Gasteiger partial charge in [-0.3, -0.25) is 9.69 Å². The molecule has 7 heteroatoms. The molecule has 2 atom stereocenters. The predicted molar refractivity (Wildman–Crippen MR) is 94.2 cm³/mol. The van der Waals surface area contributed by atoms with Crippen LogP contribution in [-0.4, -0.2) is 60.8 Å². The number of halogens is 1. The third-order valence-corrected chi connectivity index (χ3v) is 6.67. The van der Waals surface area contributed by atoms with Gasteiger partial charge in [0, 0.05) is 32.1 Å². The molecule has 2 aliphatic heterocycles. The molecule has 2 aliphatic rings. The topological polar surface area (TPSA) is 57.7 Å². The molecule has 0 unspecified atom stereocenters. The number of sulfone groups is 1. The largest absolute Gasteiger partial charge is 0.336 e. The molecule has 2 fully saturated rings. The Morgan fingerprint density at radius 3 is 2.64 bits per heavy atom. The van der Waals surface area contributed by atoms with Crippen molar-refractivity contribution in [3.05, 3.63) is 35.6 Å². The van der Waals surface area contributed by atoms with Gasteiger partial charge >= 0.3 is 0 Å². The number of fused-ring (bicyclic) bond motifs is 1. The van der Waals surface area contributed by atoms with Gasteiger partial charge in [0.15, 0.2) is 9.84 Å². The first kappa shape index (κ1) is 18.3. The summed E-state index contributed by atoms with van der Waals surface area (Å²) in [6, 6.07) is 5.88. The first-order valence-electron chi connectivity index (χ1n) is 8.73. The molecule has 0 saturated carbocycles. The van der Waals surface area contributed by atoms with E-state index in [0.29, 0.717) is 26.1 Å². The summed E-state index contributed by atoms with van der Waals surface area (Å²) in [5, 5.41) is 0. The molecule has 0 N–H and O–H groups in total. The van der Waals surface area contributed by atoms with Crippen molar-refractivity contribution in [2.24, 2.45) is 5.92 Å². The third-order valence-electron chi connectivity index (χ3n) is 4.97. The van der Waals surface area contributed by atoms with Crippen molar-refractivity contribution < 1.29 is 17.6 Å². The fraction of sp³-hybridized carbons (Fsp3) is 0.611. The summed E-state index contributed by atoms with van der Waals surface area (Å²) >= 11 is 0. The molecule has 138 valence electrons. The summed E-state index contributed by atoms with van der Waals surface area (Å²) in [4.78, 5) is 16.4. The average Bonchev–Trinajstić information content (AvgIpc) is 2.82. The van der Waals surface area contributed by atoms with Crippen molar-refractivity contribution >= 4 is 15.7 Å². The summed E-state index contributed by atoms with van der Waals surface area (Å²) < 4.78 is 37.9. The molecule has 0 radical (unpaired) electrons. The number of rotatable bonds is 4. The fourth-order valence-electron chi connectivity index (χ4n) is 3.87. The van der Waals surface area contributed by atoms with Gasteiger partial charge in [-0.25, -0.2) is 12.8 Å². The number of carbonyl (C=O) groups is 1. The Kier molecular flexibility index (Phi) is 5.16. The number of hydrogen-bond donors (Lipinski definition) is 0. The molecule has 0 spiro atoms. The summed E-state index contributed by atoms with van der Waals surface area (Å²) in [5.74, 6) is 0.0835. The highest BCUT2D eigenvalue weighted by Gasteiger charge is 2.47.